The molecule has 0 spiro atoms. The number of benzene rings is 2. The number of anilines is 1. The Kier molecular flexibility index (Phi) is 3.28. The molecule has 2 heterocycles. The Bertz CT molecular complexity index is 992. The van der Waals surface area contributed by atoms with Crippen LogP contribution in [0.3, 0.4) is 0 Å². The number of nitrogens with zero attached hydrogens (tertiary/aromatic N) is 2. The molecule has 0 aliphatic carbocycles. The van der Waals surface area contributed by atoms with E-state index in [9.17, 15) is 5.11 Å². The maximum absolute atomic E-state index is 9.29. The Morgan fingerprint density at radius 3 is 2.29 bits per heavy atom. The van der Waals surface area contributed by atoms with E-state index >= 15 is 0 Å². The number of nitrogen functional groups attached to an aromatic ring is 1. The van der Waals surface area contributed by atoms with Crippen LogP contribution >= 0.6 is 0 Å². The summed E-state index contributed by atoms with van der Waals surface area (Å²) >= 11 is 0. The zero-order valence-electron chi connectivity index (χ0n) is 12.6. The molecule has 0 aliphatic rings. The average Bonchev–Trinajstić information content (AvgIpc) is 3.03. The van der Waals surface area contributed by atoms with E-state index in [4.69, 9.17) is 10.5 Å². The maximum Gasteiger partial charge on any atom is 0.143 e. The Labute approximate surface area is 137 Å². The number of nitrogens with two attached hydrogens (primary N) is 1. The Morgan fingerprint density at radius 2 is 1.58 bits per heavy atom. The fraction of sp³-hybridized carbons (Fsp3) is 0. The van der Waals surface area contributed by atoms with Gasteiger partial charge in [0.25, 0.3) is 0 Å². The van der Waals surface area contributed by atoms with Crippen molar-refractivity contribution >= 4 is 16.9 Å². The van der Waals surface area contributed by atoms with Gasteiger partial charge in [0, 0.05) is 11.8 Å². The Hall–Kier alpha value is -3.54. The Balaban J connectivity index is 1.64. The molecule has 118 valence electrons. The second-order valence-corrected chi connectivity index (χ2v) is 5.31. The van der Waals surface area contributed by atoms with E-state index in [-0.39, 0.29) is 5.75 Å². The lowest BCUT2D eigenvalue weighted by molar-refractivity contribution is 0.464. The smallest absolute Gasteiger partial charge is 0.143 e. The highest BCUT2D eigenvalue weighted by atomic mass is 16.5. The average molecular weight is 318 g/mol. The Morgan fingerprint density at radius 1 is 0.917 bits per heavy atom. The van der Waals surface area contributed by atoms with Crippen molar-refractivity contribution in [1.29, 1.82) is 0 Å². The number of phenolic OH excluding ortho intramolecular Hbond substituents is 1. The molecule has 0 amide bonds. The molecular formula is C18H14N4O2. The first-order chi connectivity index (χ1) is 11.7. The lowest BCUT2D eigenvalue weighted by atomic mass is 10.1. The third-order valence-electron chi connectivity index (χ3n) is 3.74. The van der Waals surface area contributed by atoms with E-state index in [1.165, 1.54) is 6.33 Å². The van der Waals surface area contributed by atoms with Crippen LogP contribution in [0.4, 0.5) is 5.82 Å². The molecule has 0 radical (unpaired) electrons. The molecule has 6 nitrogen and oxygen atoms in total. The summed E-state index contributed by atoms with van der Waals surface area (Å²) in [5.74, 6) is 2.01. The SMILES string of the molecule is Nc1ncnc2[nH]cc(-c3ccc(Oc4ccc(O)cc4)cc3)c12. The number of nitrogens with one attached hydrogen (secondary N) is 1. The molecule has 0 saturated heterocycles. The van der Waals surface area contributed by atoms with Crippen LogP contribution in [-0.2, 0) is 0 Å². The van der Waals surface area contributed by atoms with Crippen molar-refractivity contribution < 1.29 is 9.84 Å². The number of ether oxygens (including phenoxy) is 1. The highest BCUT2D eigenvalue weighted by Gasteiger charge is 2.11. The lowest BCUT2D eigenvalue weighted by Gasteiger charge is -2.07. The number of hydrogen-bond acceptors (Lipinski definition) is 5. The number of rotatable bonds is 3. The normalized spacial score (nSPS) is 10.8. The summed E-state index contributed by atoms with van der Waals surface area (Å²) in [6.07, 6.45) is 3.30. The van der Waals surface area contributed by atoms with Crippen molar-refractivity contribution in [3.8, 4) is 28.4 Å². The van der Waals surface area contributed by atoms with Crippen molar-refractivity contribution in [3.05, 3.63) is 61.1 Å². The standard InChI is InChI=1S/C18H14N4O2/c19-17-16-15(9-20-18(16)22-10-21-17)11-1-5-13(6-2-11)24-14-7-3-12(23)4-8-14/h1-10,23H,(H3,19,20,21,22). The molecule has 4 rings (SSSR count). The summed E-state index contributed by atoms with van der Waals surface area (Å²) in [7, 11) is 0. The number of aromatic nitrogens is 3. The summed E-state index contributed by atoms with van der Waals surface area (Å²) in [5.41, 5.74) is 8.61. The third-order valence-corrected chi connectivity index (χ3v) is 3.74. The van der Waals surface area contributed by atoms with E-state index in [1.807, 2.05) is 30.5 Å². The summed E-state index contributed by atoms with van der Waals surface area (Å²) in [4.78, 5) is 11.3. The van der Waals surface area contributed by atoms with Gasteiger partial charge in [-0.1, -0.05) is 12.1 Å². The molecule has 2 aromatic carbocycles. The van der Waals surface area contributed by atoms with Crippen LogP contribution in [0.2, 0.25) is 0 Å². The topological polar surface area (TPSA) is 97.1 Å². The van der Waals surface area contributed by atoms with Crippen molar-refractivity contribution in [1.82, 2.24) is 15.0 Å². The summed E-state index contributed by atoms with van der Waals surface area (Å²) in [5, 5.41) is 10.1. The molecule has 24 heavy (non-hydrogen) atoms. The predicted molar refractivity (Wildman–Crippen MR) is 91.9 cm³/mol. The van der Waals surface area contributed by atoms with Gasteiger partial charge in [0.2, 0.25) is 0 Å². The number of hydrogen-bond donors (Lipinski definition) is 3. The number of H-pyrrole nitrogens is 1. The largest absolute Gasteiger partial charge is 0.508 e. The molecule has 6 heteroatoms. The first-order valence-corrected chi connectivity index (χ1v) is 7.35. The molecule has 0 saturated carbocycles. The molecule has 0 atom stereocenters. The highest BCUT2D eigenvalue weighted by molar-refractivity contribution is 6.00. The van der Waals surface area contributed by atoms with Crippen LogP contribution < -0.4 is 10.5 Å². The van der Waals surface area contributed by atoms with Gasteiger partial charge in [-0.05, 0) is 42.0 Å². The summed E-state index contributed by atoms with van der Waals surface area (Å²) in [6.45, 7) is 0. The molecule has 0 aliphatic heterocycles. The zero-order valence-corrected chi connectivity index (χ0v) is 12.6. The molecule has 4 aromatic rings. The number of fused-ring (bicyclic) bond motifs is 1. The van der Waals surface area contributed by atoms with Gasteiger partial charge in [-0.2, -0.15) is 0 Å². The van der Waals surface area contributed by atoms with Gasteiger partial charge in [0.1, 0.15) is 35.0 Å². The molecule has 2 aromatic heterocycles. The first-order valence-electron chi connectivity index (χ1n) is 7.35. The van der Waals surface area contributed by atoms with E-state index in [0.717, 1.165) is 16.5 Å². The quantitative estimate of drug-likeness (QED) is 0.535. The van der Waals surface area contributed by atoms with Gasteiger partial charge >= 0.3 is 0 Å². The summed E-state index contributed by atoms with van der Waals surface area (Å²) in [6, 6.07) is 14.2. The molecular weight excluding hydrogens is 304 g/mol. The molecule has 0 bridgehead atoms. The van der Waals surface area contributed by atoms with Gasteiger partial charge in [-0.25, -0.2) is 9.97 Å². The third kappa shape index (κ3) is 2.50. The minimum atomic E-state index is 0.205. The number of aromatic amines is 1. The number of phenols is 1. The van der Waals surface area contributed by atoms with E-state index in [2.05, 4.69) is 15.0 Å². The van der Waals surface area contributed by atoms with Crippen LogP contribution in [0.15, 0.2) is 61.1 Å². The van der Waals surface area contributed by atoms with Gasteiger partial charge < -0.3 is 20.6 Å². The van der Waals surface area contributed by atoms with Gasteiger partial charge in [-0.3, -0.25) is 0 Å². The predicted octanol–water partition coefficient (Wildman–Crippen LogP) is 3.71. The van der Waals surface area contributed by atoms with Crippen LogP contribution in [0.5, 0.6) is 17.2 Å². The van der Waals surface area contributed by atoms with Crippen LogP contribution in [0.1, 0.15) is 0 Å². The van der Waals surface area contributed by atoms with Crippen molar-refractivity contribution in [3.63, 3.8) is 0 Å². The van der Waals surface area contributed by atoms with Crippen molar-refractivity contribution in [2.45, 2.75) is 0 Å². The molecule has 0 fully saturated rings. The van der Waals surface area contributed by atoms with Crippen LogP contribution in [-0.4, -0.2) is 20.1 Å². The maximum atomic E-state index is 9.29. The summed E-state index contributed by atoms with van der Waals surface area (Å²) < 4.78 is 5.75. The fourth-order valence-corrected chi connectivity index (χ4v) is 2.57. The van der Waals surface area contributed by atoms with E-state index in [1.54, 1.807) is 24.3 Å². The van der Waals surface area contributed by atoms with Gasteiger partial charge in [-0.15, -0.1) is 0 Å². The van der Waals surface area contributed by atoms with Crippen molar-refractivity contribution in [2.24, 2.45) is 0 Å². The lowest BCUT2D eigenvalue weighted by Crippen LogP contribution is -1.92. The van der Waals surface area contributed by atoms with Gasteiger partial charge in [0.05, 0.1) is 5.39 Å². The minimum Gasteiger partial charge on any atom is -0.508 e. The molecule has 4 N–H and O–H groups in total. The minimum absolute atomic E-state index is 0.205. The first kappa shape index (κ1) is 14.1. The highest BCUT2D eigenvalue weighted by Crippen LogP contribution is 2.32. The van der Waals surface area contributed by atoms with Crippen LogP contribution in [0, 0.1) is 0 Å². The van der Waals surface area contributed by atoms with Crippen molar-refractivity contribution in [2.75, 3.05) is 5.73 Å². The fourth-order valence-electron chi connectivity index (χ4n) is 2.57. The molecule has 0 unspecified atom stereocenters. The monoisotopic (exact) mass is 318 g/mol. The number of aromatic hydroxyl groups is 1. The second-order valence-electron chi connectivity index (χ2n) is 5.31. The van der Waals surface area contributed by atoms with E-state index in [0.29, 0.717) is 23.0 Å². The van der Waals surface area contributed by atoms with Gasteiger partial charge in [0.15, 0.2) is 0 Å². The van der Waals surface area contributed by atoms with Crippen LogP contribution in [0.25, 0.3) is 22.2 Å². The van der Waals surface area contributed by atoms with E-state index < -0.39 is 0 Å². The zero-order chi connectivity index (χ0) is 16.5. The second kappa shape index (κ2) is 5.58.